The fourth-order valence-corrected chi connectivity index (χ4v) is 3.23. The van der Waals surface area contributed by atoms with Gasteiger partial charge in [-0.3, -0.25) is 19.2 Å². The number of aryl methyl sites for hydroxylation is 2. The first-order chi connectivity index (χ1) is 15.2. The zero-order chi connectivity index (χ0) is 23.4. The Morgan fingerprint density at radius 1 is 0.531 bits per heavy atom. The Kier molecular flexibility index (Phi) is 6.64. The number of carbonyl (C=O) groups is 4. The molecule has 0 spiro atoms. The van der Waals surface area contributed by atoms with E-state index in [4.69, 9.17) is 9.47 Å². The summed E-state index contributed by atoms with van der Waals surface area (Å²) in [6, 6.07) is 16.1. The number of carbonyl (C=O) groups excluding carboxylic acids is 4. The van der Waals surface area contributed by atoms with Gasteiger partial charge in [-0.25, -0.2) is 0 Å². The monoisotopic (exact) mass is 430 g/mol. The van der Waals surface area contributed by atoms with Gasteiger partial charge >= 0.3 is 11.9 Å². The molecule has 0 saturated heterocycles. The van der Waals surface area contributed by atoms with Crippen molar-refractivity contribution < 1.29 is 28.7 Å². The largest absolute Gasteiger partial charge is 0.426 e. The number of esters is 2. The van der Waals surface area contributed by atoms with Crippen LogP contribution in [0.15, 0.2) is 60.7 Å². The lowest BCUT2D eigenvalue weighted by atomic mass is 9.97. The van der Waals surface area contributed by atoms with Crippen molar-refractivity contribution in [2.75, 3.05) is 0 Å². The van der Waals surface area contributed by atoms with Gasteiger partial charge in [0.25, 0.3) is 0 Å². The molecule has 3 aromatic rings. The number of ketones is 2. The molecule has 0 aliphatic heterocycles. The molecule has 0 heterocycles. The summed E-state index contributed by atoms with van der Waals surface area (Å²) in [4.78, 5) is 47.9. The van der Waals surface area contributed by atoms with E-state index in [9.17, 15) is 19.2 Å². The zero-order valence-corrected chi connectivity index (χ0v) is 18.2. The Morgan fingerprint density at radius 2 is 0.844 bits per heavy atom. The van der Waals surface area contributed by atoms with Crippen molar-refractivity contribution in [3.05, 3.63) is 94.0 Å². The lowest BCUT2D eigenvalue weighted by molar-refractivity contribution is -0.132. The number of benzene rings is 3. The lowest BCUT2D eigenvalue weighted by Gasteiger charge is -2.09. The first kappa shape index (κ1) is 22.6. The van der Waals surface area contributed by atoms with Gasteiger partial charge in [0.2, 0.25) is 0 Å². The predicted molar refractivity (Wildman–Crippen MR) is 118 cm³/mol. The van der Waals surface area contributed by atoms with Crippen LogP contribution in [0.25, 0.3) is 0 Å². The third-order valence-electron chi connectivity index (χ3n) is 4.79. The highest BCUT2D eigenvalue weighted by Crippen LogP contribution is 2.23. The van der Waals surface area contributed by atoms with Gasteiger partial charge in [0, 0.05) is 36.1 Å². The summed E-state index contributed by atoms with van der Waals surface area (Å²) in [5.74, 6) is -0.451. The molecular weight excluding hydrogens is 408 g/mol. The second-order valence-corrected chi connectivity index (χ2v) is 7.38. The van der Waals surface area contributed by atoms with Crippen molar-refractivity contribution in [3.63, 3.8) is 0 Å². The lowest BCUT2D eigenvalue weighted by Crippen LogP contribution is -2.07. The molecule has 0 amide bonds. The number of hydrogen-bond donors (Lipinski definition) is 0. The topological polar surface area (TPSA) is 86.7 Å². The Balaban J connectivity index is 1.78. The van der Waals surface area contributed by atoms with Crippen LogP contribution in [0.3, 0.4) is 0 Å². The molecule has 0 fully saturated rings. The Bertz CT molecular complexity index is 1130. The van der Waals surface area contributed by atoms with Gasteiger partial charge in [0.15, 0.2) is 11.6 Å². The Hall–Kier alpha value is -4.06. The quantitative estimate of drug-likeness (QED) is 0.322. The van der Waals surface area contributed by atoms with Gasteiger partial charge in [-0.2, -0.15) is 0 Å². The van der Waals surface area contributed by atoms with Crippen LogP contribution in [0.2, 0.25) is 0 Å². The van der Waals surface area contributed by atoms with Crippen molar-refractivity contribution in [2.24, 2.45) is 0 Å². The molecule has 6 heteroatoms. The third-order valence-corrected chi connectivity index (χ3v) is 4.79. The van der Waals surface area contributed by atoms with Crippen LogP contribution in [-0.2, 0) is 9.59 Å². The van der Waals surface area contributed by atoms with E-state index in [0.29, 0.717) is 44.9 Å². The summed E-state index contributed by atoms with van der Waals surface area (Å²) < 4.78 is 10.2. The second-order valence-electron chi connectivity index (χ2n) is 7.38. The van der Waals surface area contributed by atoms with Crippen LogP contribution in [0.4, 0.5) is 0 Å². The van der Waals surface area contributed by atoms with Crippen LogP contribution in [0.1, 0.15) is 56.8 Å². The first-order valence-electron chi connectivity index (χ1n) is 9.93. The highest BCUT2D eigenvalue weighted by Gasteiger charge is 2.15. The van der Waals surface area contributed by atoms with Crippen molar-refractivity contribution in [3.8, 4) is 11.5 Å². The molecule has 0 aliphatic rings. The summed E-state index contributed by atoms with van der Waals surface area (Å²) in [6.45, 7) is 6.14. The third kappa shape index (κ3) is 5.16. The van der Waals surface area contributed by atoms with E-state index in [1.54, 1.807) is 74.5 Å². The van der Waals surface area contributed by atoms with Crippen LogP contribution >= 0.6 is 0 Å². The highest BCUT2D eigenvalue weighted by molar-refractivity contribution is 6.12. The van der Waals surface area contributed by atoms with Gasteiger partial charge in [-0.15, -0.1) is 0 Å². The van der Waals surface area contributed by atoms with Gasteiger partial charge in [0.1, 0.15) is 11.5 Å². The van der Waals surface area contributed by atoms with E-state index in [2.05, 4.69) is 0 Å². The maximum Gasteiger partial charge on any atom is 0.308 e. The first-order valence-corrected chi connectivity index (χ1v) is 9.93. The summed E-state index contributed by atoms with van der Waals surface area (Å²) >= 11 is 0. The molecule has 3 aromatic carbocycles. The standard InChI is InChI=1S/C26H22O6/c1-15-13-21(9-11-23(15)31-17(3)27)25(29)19-5-7-20(8-6-19)26(30)22-10-12-24(16(2)14-22)32-18(4)28/h5-14H,1-4H3. The van der Waals surface area contributed by atoms with Gasteiger partial charge in [-0.1, -0.05) is 24.3 Å². The molecule has 162 valence electrons. The molecule has 0 saturated carbocycles. The van der Waals surface area contributed by atoms with Crippen LogP contribution in [-0.4, -0.2) is 23.5 Å². The minimum Gasteiger partial charge on any atom is -0.426 e. The van der Waals surface area contributed by atoms with E-state index >= 15 is 0 Å². The minimum atomic E-state index is -0.427. The Morgan fingerprint density at radius 3 is 1.12 bits per heavy atom. The molecule has 0 N–H and O–H groups in total. The van der Waals surface area contributed by atoms with Crippen LogP contribution in [0, 0.1) is 13.8 Å². The number of hydrogen-bond acceptors (Lipinski definition) is 6. The van der Waals surface area contributed by atoms with Crippen LogP contribution < -0.4 is 9.47 Å². The van der Waals surface area contributed by atoms with Crippen molar-refractivity contribution in [1.82, 2.24) is 0 Å². The van der Waals surface area contributed by atoms with E-state index in [0.717, 1.165) is 0 Å². The molecular formula is C26H22O6. The van der Waals surface area contributed by atoms with Crippen LogP contribution in [0.5, 0.6) is 11.5 Å². The van der Waals surface area contributed by atoms with Crippen molar-refractivity contribution in [2.45, 2.75) is 27.7 Å². The molecule has 0 aromatic heterocycles. The molecule has 6 nitrogen and oxygen atoms in total. The van der Waals surface area contributed by atoms with E-state index in [1.807, 2.05) is 0 Å². The molecule has 0 bridgehead atoms. The summed E-state index contributed by atoms with van der Waals surface area (Å²) in [5.41, 5.74) is 3.12. The highest BCUT2D eigenvalue weighted by atomic mass is 16.5. The van der Waals surface area contributed by atoms with E-state index in [-0.39, 0.29) is 11.6 Å². The van der Waals surface area contributed by atoms with Crippen molar-refractivity contribution in [1.29, 1.82) is 0 Å². The predicted octanol–water partition coefficient (Wildman–Crippen LogP) is 4.62. The number of rotatable bonds is 6. The average Bonchev–Trinajstić information content (AvgIpc) is 2.75. The summed E-state index contributed by atoms with van der Waals surface area (Å²) in [6.07, 6.45) is 0. The van der Waals surface area contributed by atoms with Gasteiger partial charge < -0.3 is 9.47 Å². The normalized spacial score (nSPS) is 10.4. The number of ether oxygens (including phenoxy) is 2. The molecule has 3 rings (SSSR count). The minimum absolute atomic E-state index is 0.206. The smallest absolute Gasteiger partial charge is 0.308 e. The molecule has 32 heavy (non-hydrogen) atoms. The van der Waals surface area contributed by atoms with Gasteiger partial charge in [-0.05, 0) is 61.4 Å². The molecule has 0 radical (unpaired) electrons. The van der Waals surface area contributed by atoms with E-state index in [1.165, 1.54) is 13.8 Å². The van der Waals surface area contributed by atoms with Gasteiger partial charge in [0.05, 0.1) is 0 Å². The Labute approximate surface area is 185 Å². The summed E-state index contributed by atoms with van der Waals surface area (Å²) in [5, 5.41) is 0. The zero-order valence-electron chi connectivity index (χ0n) is 18.2. The summed E-state index contributed by atoms with van der Waals surface area (Å²) in [7, 11) is 0. The SMILES string of the molecule is CC(=O)Oc1ccc(C(=O)c2ccc(C(=O)c3ccc(OC(C)=O)c(C)c3)cc2)cc1C. The maximum absolute atomic E-state index is 12.8. The molecule has 0 atom stereocenters. The fourth-order valence-electron chi connectivity index (χ4n) is 3.23. The molecule has 0 unspecified atom stereocenters. The molecule has 0 aliphatic carbocycles. The fraction of sp³-hybridized carbons (Fsp3) is 0.154. The van der Waals surface area contributed by atoms with E-state index < -0.39 is 11.9 Å². The maximum atomic E-state index is 12.8. The average molecular weight is 430 g/mol. The van der Waals surface area contributed by atoms with Crippen molar-refractivity contribution >= 4 is 23.5 Å². The second kappa shape index (κ2) is 9.39.